The summed E-state index contributed by atoms with van der Waals surface area (Å²) in [6.45, 7) is 4.88. The first kappa shape index (κ1) is 14.7. The van der Waals surface area contributed by atoms with Crippen LogP contribution in [-0.2, 0) is 19.9 Å². The maximum atomic E-state index is 13.9. The van der Waals surface area contributed by atoms with Gasteiger partial charge < -0.3 is 5.32 Å². The molecule has 108 valence electrons. The molecule has 1 unspecified atom stereocenters. The topological polar surface area (TPSA) is 42.7 Å². The van der Waals surface area contributed by atoms with Gasteiger partial charge >= 0.3 is 0 Å². The summed E-state index contributed by atoms with van der Waals surface area (Å²) in [5.41, 5.74) is 2.82. The molecule has 4 nitrogen and oxygen atoms in total. The molecule has 0 fully saturated rings. The van der Waals surface area contributed by atoms with E-state index < -0.39 is 0 Å². The van der Waals surface area contributed by atoms with E-state index in [0.717, 1.165) is 24.4 Å². The Hall–Kier alpha value is -1.75. The van der Waals surface area contributed by atoms with E-state index in [4.69, 9.17) is 0 Å². The zero-order chi connectivity index (χ0) is 14.5. The lowest BCUT2D eigenvalue weighted by Crippen LogP contribution is -2.24. The quantitative estimate of drug-likeness (QED) is 0.881. The van der Waals surface area contributed by atoms with Crippen molar-refractivity contribution in [1.29, 1.82) is 0 Å². The standard InChI is InChI=1S/C15H21FN4/c1-4-11-8-12(20(3)19-11)9-15(18-5-2)13-6-7-17-10-14(13)16/h6-8,10,15,18H,4-5,9H2,1-3H3. The van der Waals surface area contributed by atoms with Crippen LogP contribution in [0.1, 0.15) is 36.8 Å². The Kier molecular flexibility index (Phi) is 4.84. The molecule has 2 heterocycles. The molecule has 0 amide bonds. The number of likely N-dealkylation sites (N-methyl/N-ethyl adjacent to an activating group) is 1. The lowest BCUT2D eigenvalue weighted by molar-refractivity contribution is 0.495. The lowest BCUT2D eigenvalue weighted by atomic mass is 10.0. The first-order valence-electron chi connectivity index (χ1n) is 7.00. The molecule has 2 aromatic heterocycles. The second kappa shape index (κ2) is 6.61. The fraction of sp³-hybridized carbons (Fsp3) is 0.467. The monoisotopic (exact) mass is 276 g/mol. The van der Waals surface area contributed by atoms with Gasteiger partial charge in [-0.05, 0) is 25.1 Å². The van der Waals surface area contributed by atoms with Gasteiger partial charge in [0.2, 0.25) is 0 Å². The van der Waals surface area contributed by atoms with E-state index in [9.17, 15) is 4.39 Å². The Balaban J connectivity index is 2.25. The van der Waals surface area contributed by atoms with Gasteiger partial charge in [-0.3, -0.25) is 9.67 Å². The summed E-state index contributed by atoms with van der Waals surface area (Å²) in [6, 6.07) is 3.76. The van der Waals surface area contributed by atoms with Crippen LogP contribution in [-0.4, -0.2) is 21.3 Å². The predicted molar refractivity (Wildman–Crippen MR) is 76.9 cm³/mol. The minimum Gasteiger partial charge on any atom is -0.310 e. The first-order chi connectivity index (χ1) is 9.65. The van der Waals surface area contributed by atoms with Crippen LogP contribution in [0.15, 0.2) is 24.5 Å². The molecule has 5 heteroatoms. The van der Waals surface area contributed by atoms with E-state index >= 15 is 0 Å². The van der Waals surface area contributed by atoms with Crippen LogP contribution in [0.5, 0.6) is 0 Å². The number of nitrogens with one attached hydrogen (secondary N) is 1. The minimum absolute atomic E-state index is 0.0666. The van der Waals surface area contributed by atoms with E-state index in [1.807, 2.05) is 18.7 Å². The SMILES string of the molecule is CCNC(Cc1cc(CC)nn1C)c1ccncc1F. The van der Waals surface area contributed by atoms with Crippen molar-refractivity contribution in [2.45, 2.75) is 32.7 Å². The van der Waals surface area contributed by atoms with Gasteiger partial charge in [-0.1, -0.05) is 13.8 Å². The molecule has 0 aromatic carbocycles. The van der Waals surface area contributed by atoms with Crippen molar-refractivity contribution >= 4 is 0 Å². The van der Waals surface area contributed by atoms with E-state index in [1.54, 1.807) is 12.3 Å². The van der Waals surface area contributed by atoms with Crippen molar-refractivity contribution in [2.75, 3.05) is 6.54 Å². The summed E-state index contributed by atoms with van der Waals surface area (Å²) in [6.07, 6.45) is 4.51. The molecule has 2 aromatic rings. The first-order valence-corrected chi connectivity index (χ1v) is 7.00. The summed E-state index contributed by atoms with van der Waals surface area (Å²) in [7, 11) is 1.93. The van der Waals surface area contributed by atoms with E-state index in [2.05, 4.69) is 28.4 Å². The summed E-state index contributed by atoms with van der Waals surface area (Å²) in [5, 5.41) is 7.78. The van der Waals surface area contributed by atoms with Gasteiger partial charge in [0, 0.05) is 37.0 Å². The fourth-order valence-corrected chi connectivity index (χ4v) is 2.35. The second-order valence-electron chi connectivity index (χ2n) is 4.82. The van der Waals surface area contributed by atoms with Crippen LogP contribution in [0.25, 0.3) is 0 Å². The third-order valence-electron chi connectivity index (χ3n) is 3.43. The van der Waals surface area contributed by atoms with Gasteiger partial charge in [0.25, 0.3) is 0 Å². The Morgan fingerprint density at radius 3 is 2.80 bits per heavy atom. The highest BCUT2D eigenvalue weighted by Gasteiger charge is 2.17. The Bertz CT molecular complexity index is 565. The molecule has 0 bridgehead atoms. The molecule has 0 aliphatic rings. The highest BCUT2D eigenvalue weighted by atomic mass is 19.1. The number of aromatic nitrogens is 3. The van der Waals surface area contributed by atoms with Crippen LogP contribution in [0.2, 0.25) is 0 Å². The number of aryl methyl sites for hydroxylation is 2. The van der Waals surface area contributed by atoms with Crippen LogP contribution < -0.4 is 5.32 Å². The van der Waals surface area contributed by atoms with Gasteiger partial charge in [-0.15, -0.1) is 0 Å². The zero-order valence-corrected chi connectivity index (χ0v) is 12.2. The minimum atomic E-state index is -0.267. The number of hydrogen-bond acceptors (Lipinski definition) is 3. The summed E-state index contributed by atoms with van der Waals surface area (Å²) in [4.78, 5) is 3.81. The summed E-state index contributed by atoms with van der Waals surface area (Å²) >= 11 is 0. The number of rotatable bonds is 6. The van der Waals surface area contributed by atoms with Crippen LogP contribution in [0.3, 0.4) is 0 Å². The molecule has 2 rings (SSSR count). The molecule has 0 aliphatic carbocycles. The average molecular weight is 276 g/mol. The number of nitrogens with zero attached hydrogens (tertiary/aromatic N) is 3. The van der Waals surface area contributed by atoms with Crippen molar-refractivity contribution in [3.05, 3.63) is 47.3 Å². The van der Waals surface area contributed by atoms with Crippen molar-refractivity contribution in [3.8, 4) is 0 Å². The van der Waals surface area contributed by atoms with Crippen molar-refractivity contribution in [3.63, 3.8) is 0 Å². The van der Waals surface area contributed by atoms with Gasteiger partial charge in [0.05, 0.1) is 11.9 Å². The Morgan fingerprint density at radius 1 is 1.40 bits per heavy atom. The van der Waals surface area contributed by atoms with E-state index in [-0.39, 0.29) is 11.9 Å². The largest absolute Gasteiger partial charge is 0.310 e. The van der Waals surface area contributed by atoms with Crippen molar-refractivity contribution in [1.82, 2.24) is 20.1 Å². The number of hydrogen-bond donors (Lipinski definition) is 1. The molecule has 0 saturated heterocycles. The normalized spacial score (nSPS) is 12.6. The maximum absolute atomic E-state index is 13.9. The van der Waals surface area contributed by atoms with Gasteiger partial charge in [0.1, 0.15) is 5.82 Å². The number of halogens is 1. The molecule has 0 aliphatic heterocycles. The van der Waals surface area contributed by atoms with Crippen molar-refractivity contribution < 1.29 is 4.39 Å². The highest BCUT2D eigenvalue weighted by molar-refractivity contribution is 5.21. The Labute approximate surface area is 119 Å². The van der Waals surface area contributed by atoms with E-state index in [0.29, 0.717) is 12.0 Å². The third kappa shape index (κ3) is 3.22. The highest BCUT2D eigenvalue weighted by Crippen LogP contribution is 2.21. The van der Waals surface area contributed by atoms with Crippen LogP contribution in [0.4, 0.5) is 4.39 Å². The summed E-state index contributed by atoms with van der Waals surface area (Å²) in [5.74, 6) is -0.267. The van der Waals surface area contributed by atoms with Gasteiger partial charge in [-0.25, -0.2) is 4.39 Å². The predicted octanol–water partition coefficient (Wildman–Crippen LogP) is 2.41. The zero-order valence-electron chi connectivity index (χ0n) is 12.2. The van der Waals surface area contributed by atoms with Crippen molar-refractivity contribution in [2.24, 2.45) is 7.05 Å². The molecule has 0 radical (unpaired) electrons. The van der Waals surface area contributed by atoms with E-state index in [1.165, 1.54) is 6.20 Å². The maximum Gasteiger partial charge on any atom is 0.146 e. The number of pyridine rings is 1. The smallest absolute Gasteiger partial charge is 0.146 e. The average Bonchev–Trinajstić information content (AvgIpc) is 2.80. The Morgan fingerprint density at radius 2 is 2.20 bits per heavy atom. The second-order valence-corrected chi connectivity index (χ2v) is 4.82. The van der Waals surface area contributed by atoms with Gasteiger partial charge in [-0.2, -0.15) is 5.10 Å². The molecule has 20 heavy (non-hydrogen) atoms. The molecule has 0 spiro atoms. The molecule has 1 N–H and O–H groups in total. The third-order valence-corrected chi connectivity index (χ3v) is 3.43. The fourth-order valence-electron chi connectivity index (χ4n) is 2.35. The van der Waals surface area contributed by atoms with Gasteiger partial charge in [0.15, 0.2) is 0 Å². The lowest BCUT2D eigenvalue weighted by Gasteiger charge is -2.18. The summed E-state index contributed by atoms with van der Waals surface area (Å²) < 4.78 is 15.8. The molecular formula is C15H21FN4. The molecule has 1 atom stereocenters. The molecular weight excluding hydrogens is 255 g/mol. The van der Waals surface area contributed by atoms with Crippen LogP contribution in [0, 0.1) is 5.82 Å². The molecule has 0 saturated carbocycles. The van der Waals surface area contributed by atoms with Crippen LogP contribution >= 0.6 is 0 Å².